The second-order valence-electron chi connectivity index (χ2n) is 4.09. The lowest BCUT2D eigenvalue weighted by Crippen LogP contribution is -1.98. The molecule has 0 aliphatic rings. The molecule has 2 heterocycles. The highest BCUT2D eigenvalue weighted by Gasteiger charge is 2.05. The van der Waals surface area contributed by atoms with Crippen LogP contribution in [0.3, 0.4) is 0 Å². The summed E-state index contributed by atoms with van der Waals surface area (Å²) in [5.74, 6) is 0. The molecule has 3 aromatic rings. The van der Waals surface area contributed by atoms with Crippen molar-refractivity contribution in [2.45, 2.75) is 6.54 Å². The van der Waals surface area contributed by atoms with Crippen LogP contribution < -0.4 is 5.32 Å². The molecule has 3 rings (SSSR count). The van der Waals surface area contributed by atoms with Gasteiger partial charge in [0, 0.05) is 39.4 Å². The van der Waals surface area contributed by atoms with Gasteiger partial charge in [-0.25, -0.2) is 0 Å². The molecule has 0 amide bonds. The number of fused-ring (bicyclic) bond motifs is 1. The van der Waals surface area contributed by atoms with Crippen LogP contribution in [-0.2, 0) is 6.54 Å². The molecule has 0 saturated carbocycles. The van der Waals surface area contributed by atoms with E-state index in [4.69, 9.17) is 11.6 Å². The summed E-state index contributed by atoms with van der Waals surface area (Å²) >= 11 is 11.0. The molecule has 0 bridgehead atoms. The van der Waals surface area contributed by atoms with Crippen molar-refractivity contribution in [3.05, 3.63) is 56.4 Å². The first-order valence-corrected chi connectivity index (χ1v) is 7.73. The summed E-state index contributed by atoms with van der Waals surface area (Å²) in [6, 6.07) is 10.2. The lowest BCUT2D eigenvalue weighted by atomic mass is 10.1. The first-order valence-electron chi connectivity index (χ1n) is 5.74. The molecule has 0 aliphatic heterocycles. The van der Waals surface area contributed by atoms with E-state index < -0.39 is 0 Å². The van der Waals surface area contributed by atoms with Gasteiger partial charge in [0.05, 0.1) is 0 Å². The number of thiophene rings is 1. The standard InChI is InChI=1S/C14H10BrClN2S/c15-12-6-10(19-14(12)16)7-18-13-3-1-2-9-4-5-17-8-11(9)13/h1-6,8,18H,7H2. The normalized spacial score (nSPS) is 10.8. The highest BCUT2D eigenvalue weighted by molar-refractivity contribution is 9.10. The van der Waals surface area contributed by atoms with Crippen molar-refractivity contribution in [2.75, 3.05) is 5.32 Å². The molecule has 2 nitrogen and oxygen atoms in total. The van der Waals surface area contributed by atoms with Crippen LogP contribution >= 0.6 is 38.9 Å². The van der Waals surface area contributed by atoms with E-state index in [1.807, 2.05) is 30.6 Å². The molecule has 19 heavy (non-hydrogen) atoms. The van der Waals surface area contributed by atoms with Crippen LogP contribution in [0.2, 0.25) is 4.34 Å². The van der Waals surface area contributed by atoms with Gasteiger partial charge < -0.3 is 5.32 Å². The number of halogens is 2. The van der Waals surface area contributed by atoms with Gasteiger partial charge in [0.15, 0.2) is 0 Å². The molecule has 1 aromatic carbocycles. The van der Waals surface area contributed by atoms with Gasteiger partial charge in [-0.05, 0) is 39.5 Å². The van der Waals surface area contributed by atoms with Crippen LogP contribution in [0.5, 0.6) is 0 Å². The molecule has 2 aromatic heterocycles. The van der Waals surface area contributed by atoms with Crippen molar-refractivity contribution in [2.24, 2.45) is 0 Å². The minimum atomic E-state index is 0.754. The van der Waals surface area contributed by atoms with E-state index >= 15 is 0 Å². The molecule has 0 spiro atoms. The van der Waals surface area contributed by atoms with Crippen molar-refractivity contribution in [1.82, 2.24) is 4.98 Å². The second kappa shape index (κ2) is 5.49. The molecule has 0 radical (unpaired) electrons. The first kappa shape index (κ1) is 12.9. The van der Waals surface area contributed by atoms with Gasteiger partial charge in [0.1, 0.15) is 4.34 Å². The monoisotopic (exact) mass is 352 g/mol. The highest BCUT2D eigenvalue weighted by Crippen LogP contribution is 2.32. The van der Waals surface area contributed by atoms with Crippen molar-refractivity contribution in [3.63, 3.8) is 0 Å². The summed E-state index contributed by atoms with van der Waals surface area (Å²) < 4.78 is 1.74. The van der Waals surface area contributed by atoms with E-state index in [0.29, 0.717) is 0 Å². The summed E-state index contributed by atoms with van der Waals surface area (Å²) in [5.41, 5.74) is 1.09. The van der Waals surface area contributed by atoms with Crippen molar-refractivity contribution in [3.8, 4) is 0 Å². The average Bonchev–Trinajstić information content (AvgIpc) is 2.75. The smallest absolute Gasteiger partial charge is 0.107 e. The van der Waals surface area contributed by atoms with Crippen LogP contribution in [0.15, 0.2) is 47.2 Å². The van der Waals surface area contributed by atoms with Gasteiger partial charge in [-0.1, -0.05) is 23.7 Å². The second-order valence-corrected chi connectivity index (χ2v) is 6.68. The topological polar surface area (TPSA) is 24.9 Å². The fraction of sp³-hybridized carbons (Fsp3) is 0.0714. The molecule has 5 heteroatoms. The number of rotatable bonds is 3. The van der Waals surface area contributed by atoms with Crippen LogP contribution in [0.4, 0.5) is 5.69 Å². The fourth-order valence-electron chi connectivity index (χ4n) is 1.93. The predicted molar refractivity (Wildman–Crippen MR) is 86.1 cm³/mol. The Morgan fingerprint density at radius 2 is 2.21 bits per heavy atom. The van der Waals surface area contributed by atoms with Crippen molar-refractivity contribution < 1.29 is 0 Å². The van der Waals surface area contributed by atoms with E-state index in [1.54, 1.807) is 11.3 Å². The van der Waals surface area contributed by atoms with Crippen LogP contribution in [0.1, 0.15) is 4.88 Å². The summed E-state index contributed by atoms with van der Waals surface area (Å²) in [6.45, 7) is 0.754. The molecular weight excluding hydrogens is 344 g/mol. The largest absolute Gasteiger partial charge is 0.380 e. The van der Waals surface area contributed by atoms with E-state index in [9.17, 15) is 0 Å². The maximum atomic E-state index is 6.04. The van der Waals surface area contributed by atoms with E-state index in [0.717, 1.165) is 26.4 Å². The Morgan fingerprint density at radius 1 is 1.32 bits per heavy atom. The zero-order valence-corrected chi connectivity index (χ0v) is 13.0. The molecular formula is C14H10BrClN2S. The molecule has 0 fully saturated rings. The molecule has 0 unspecified atom stereocenters. The maximum absolute atomic E-state index is 6.04. The minimum absolute atomic E-state index is 0.754. The Morgan fingerprint density at radius 3 is 3.00 bits per heavy atom. The van der Waals surface area contributed by atoms with Crippen molar-refractivity contribution >= 4 is 55.3 Å². The van der Waals surface area contributed by atoms with E-state index in [2.05, 4.69) is 38.4 Å². The summed E-state index contributed by atoms with van der Waals surface area (Å²) in [6.07, 6.45) is 3.69. The molecule has 96 valence electrons. The van der Waals surface area contributed by atoms with Crippen LogP contribution in [-0.4, -0.2) is 4.98 Å². The highest BCUT2D eigenvalue weighted by atomic mass is 79.9. The Balaban J connectivity index is 1.85. The molecule has 0 aliphatic carbocycles. The Labute approximate surface area is 128 Å². The van der Waals surface area contributed by atoms with Gasteiger partial charge >= 0.3 is 0 Å². The summed E-state index contributed by atoms with van der Waals surface area (Å²) in [5, 5.41) is 5.75. The van der Waals surface area contributed by atoms with E-state index in [1.165, 1.54) is 10.3 Å². The van der Waals surface area contributed by atoms with Crippen LogP contribution in [0.25, 0.3) is 10.8 Å². The zero-order valence-electron chi connectivity index (χ0n) is 9.86. The summed E-state index contributed by atoms with van der Waals surface area (Å²) in [7, 11) is 0. The number of anilines is 1. The third-order valence-corrected chi connectivity index (χ3v) is 5.31. The Bertz CT molecular complexity index is 702. The third-order valence-electron chi connectivity index (χ3n) is 2.83. The first-order chi connectivity index (χ1) is 9.24. The van der Waals surface area contributed by atoms with Gasteiger partial charge in [0.25, 0.3) is 0 Å². The number of nitrogens with zero attached hydrogens (tertiary/aromatic N) is 1. The lowest BCUT2D eigenvalue weighted by molar-refractivity contribution is 1.20. The quantitative estimate of drug-likeness (QED) is 0.689. The summed E-state index contributed by atoms with van der Waals surface area (Å²) in [4.78, 5) is 5.37. The number of nitrogens with one attached hydrogen (secondary N) is 1. The molecule has 0 atom stereocenters. The van der Waals surface area contributed by atoms with Gasteiger partial charge in [-0.2, -0.15) is 0 Å². The zero-order chi connectivity index (χ0) is 13.2. The predicted octanol–water partition coefficient (Wildman–Crippen LogP) is 5.32. The Kier molecular flexibility index (Phi) is 3.73. The number of benzene rings is 1. The SMILES string of the molecule is Clc1sc(CNc2cccc3ccncc23)cc1Br. The Hall–Kier alpha value is -1.10. The van der Waals surface area contributed by atoms with Gasteiger partial charge in [0.2, 0.25) is 0 Å². The number of hydrogen-bond donors (Lipinski definition) is 1. The van der Waals surface area contributed by atoms with Crippen LogP contribution in [0, 0.1) is 0 Å². The van der Waals surface area contributed by atoms with E-state index in [-0.39, 0.29) is 0 Å². The van der Waals surface area contributed by atoms with Crippen molar-refractivity contribution in [1.29, 1.82) is 0 Å². The molecule has 1 N–H and O–H groups in total. The number of hydrogen-bond acceptors (Lipinski definition) is 3. The maximum Gasteiger partial charge on any atom is 0.107 e. The molecule has 0 saturated heterocycles. The van der Waals surface area contributed by atoms with Gasteiger partial charge in [-0.3, -0.25) is 4.98 Å². The average molecular weight is 354 g/mol. The fourth-order valence-corrected chi connectivity index (χ4v) is 3.66. The lowest BCUT2D eigenvalue weighted by Gasteiger charge is -2.08. The number of pyridine rings is 1. The number of aromatic nitrogens is 1. The minimum Gasteiger partial charge on any atom is -0.380 e. The third kappa shape index (κ3) is 2.76. The van der Waals surface area contributed by atoms with Gasteiger partial charge in [-0.15, -0.1) is 11.3 Å².